The van der Waals surface area contributed by atoms with Crippen LogP contribution < -0.4 is 0 Å². The van der Waals surface area contributed by atoms with Crippen molar-refractivity contribution in [1.82, 2.24) is 9.21 Å². The molecule has 0 atom stereocenters. The Hall–Kier alpha value is -1.67. The van der Waals surface area contributed by atoms with Gasteiger partial charge in [0.1, 0.15) is 0 Å². The standard InChI is InChI=1S/C19H21ClN2O3S2/c1-14-3-4-15(2)17(13-14)27(24,25)22-11-9-21(10-12-22)19(23)8-6-16-5-7-18(20)26-16/h3-8,13H,9-12H2,1-2H3/b8-6+. The Balaban J connectivity index is 1.65. The Labute approximate surface area is 168 Å². The number of sulfonamides is 1. The molecule has 2 aromatic rings. The zero-order valence-corrected chi connectivity index (χ0v) is 17.6. The van der Waals surface area contributed by atoms with Gasteiger partial charge in [-0.2, -0.15) is 4.31 Å². The summed E-state index contributed by atoms with van der Waals surface area (Å²) in [6.45, 7) is 5.01. The van der Waals surface area contributed by atoms with Gasteiger partial charge in [-0.15, -0.1) is 11.3 Å². The molecule has 0 spiro atoms. The molecule has 0 bridgehead atoms. The monoisotopic (exact) mass is 424 g/mol. The van der Waals surface area contributed by atoms with Crippen molar-refractivity contribution >= 4 is 44.9 Å². The van der Waals surface area contributed by atoms with Crippen LogP contribution in [0.1, 0.15) is 16.0 Å². The lowest BCUT2D eigenvalue weighted by molar-refractivity contribution is -0.127. The molecule has 1 aromatic heterocycles. The molecule has 0 radical (unpaired) electrons. The second-order valence-electron chi connectivity index (χ2n) is 6.47. The molecule has 0 unspecified atom stereocenters. The number of thiophene rings is 1. The number of nitrogens with zero attached hydrogens (tertiary/aromatic N) is 2. The molecule has 27 heavy (non-hydrogen) atoms. The van der Waals surface area contributed by atoms with E-state index >= 15 is 0 Å². The first kappa shape index (κ1) is 20.1. The molecule has 0 saturated carbocycles. The van der Waals surface area contributed by atoms with Crippen molar-refractivity contribution in [3.8, 4) is 0 Å². The van der Waals surface area contributed by atoms with Crippen LogP contribution in [0.4, 0.5) is 0 Å². The predicted molar refractivity (Wildman–Crippen MR) is 110 cm³/mol. The van der Waals surface area contributed by atoms with Gasteiger partial charge in [0.05, 0.1) is 9.23 Å². The van der Waals surface area contributed by atoms with Crippen molar-refractivity contribution in [3.63, 3.8) is 0 Å². The molecule has 0 N–H and O–H groups in total. The highest BCUT2D eigenvalue weighted by atomic mass is 35.5. The molecular formula is C19H21ClN2O3S2. The van der Waals surface area contributed by atoms with Gasteiger partial charge in [-0.05, 0) is 49.2 Å². The molecule has 1 aliphatic rings. The smallest absolute Gasteiger partial charge is 0.246 e. The minimum Gasteiger partial charge on any atom is -0.337 e. The first-order valence-corrected chi connectivity index (χ1v) is 11.2. The van der Waals surface area contributed by atoms with Crippen molar-refractivity contribution in [1.29, 1.82) is 0 Å². The lowest BCUT2D eigenvalue weighted by Crippen LogP contribution is -2.50. The molecule has 3 rings (SSSR count). The van der Waals surface area contributed by atoms with Gasteiger partial charge >= 0.3 is 0 Å². The number of aryl methyl sites for hydroxylation is 2. The number of piperazine rings is 1. The zero-order chi connectivity index (χ0) is 19.6. The number of hydrogen-bond donors (Lipinski definition) is 0. The van der Waals surface area contributed by atoms with Gasteiger partial charge in [0.15, 0.2) is 0 Å². The molecule has 2 heterocycles. The van der Waals surface area contributed by atoms with E-state index < -0.39 is 10.0 Å². The van der Waals surface area contributed by atoms with Gasteiger partial charge in [-0.25, -0.2) is 8.42 Å². The lowest BCUT2D eigenvalue weighted by atomic mass is 10.2. The maximum atomic E-state index is 12.9. The SMILES string of the molecule is Cc1ccc(C)c(S(=O)(=O)N2CCN(C(=O)/C=C/c3ccc(Cl)s3)CC2)c1. The van der Waals surface area contributed by atoms with E-state index in [1.54, 1.807) is 30.0 Å². The molecule has 0 aliphatic carbocycles. The predicted octanol–water partition coefficient (Wildman–Crippen LogP) is 3.56. The topological polar surface area (TPSA) is 57.7 Å². The third-order valence-corrected chi connectivity index (χ3v) is 7.73. The van der Waals surface area contributed by atoms with E-state index in [0.29, 0.717) is 35.4 Å². The Morgan fingerprint density at radius 2 is 1.81 bits per heavy atom. The van der Waals surface area contributed by atoms with E-state index in [0.717, 1.165) is 16.0 Å². The second-order valence-corrected chi connectivity index (χ2v) is 10.1. The van der Waals surface area contributed by atoms with Crippen LogP contribution in [0, 0.1) is 13.8 Å². The maximum Gasteiger partial charge on any atom is 0.246 e. The summed E-state index contributed by atoms with van der Waals surface area (Å²) in [6.07, 6.45) is 3.25. The summed E-state index contributed by atoms with van der Waals surface area (Å²) in [6, 6.07) is 9.07. The highest BCUT2D eigenvalue weighted by molar-refractivity contribution is 7.89. The van der Waals surface area contributed by atoms with Crippen molar-refractivity contribution < 1.29 is 13.2 Å². The van der Waals surface area contributed by atoms with Crippen LogP contribution in [-0.2, 0) is 14.8 Å². The number of rotatable bonds is 4. The number of carbonyl (C=O) groups excluding carboxylic acids is 1. The molecule has 1 aromatic carbocycles. The highest BCUT2D eigenvalue weighted by Crippen LogP contribution is 2.24. The zero-order valence-electron chi connectivity index (χ0n) is 15.2. The van der Waals surface area contributed by atoms with E-state index in [9.17, 15) is 13.2 Å². The van der Waals surface area contributed by atoms with Crippen molar-refractivity contribution in [2.24, 2.45) is 0 Å². The highest BCUT2D eigenvalue weighted by Gasteiger charge is 2.30. The fourth-order valence-corrected chi connectivity index (χ4v) is 5.65. The summed E-state index contributed by atoms with van der Waals surface area (Å²) in [7, 11) is -3.55. The molecule has 5 nitrogen and oxygen atoms in total. The van der Waals surface area contributed by atoms with E-state index in [1.165, 1.54) is 21.7 Å². The number of halogens is 1. The average Bonchev–Trinajstić information content (AvgIpc) is 3.07. The summed E-state index contributed by atoms with van der Waals surface area (Å²) in [5.41, 5.74) is 1.64. The van der Waals surface area contributed by atoms with Crippen LogP contribution in [0.25, 0.3) is 6.08 Å². The van der Waals surface area contributed by atoms with Crippen LogP contribution >= 0.6 is 22.9 Å². The number of amides is 1. The Kier molecular flexibility index (Phi) is 6.05. The number of benzene rings is 1. The Bertz CT molecular complexity index is 975. The van der Waals surface area contributed by atoms with Gasteiger partial charge in [0.2, 0.25) is 15.9 Å². The molecule has 8 heteroatoms. The van der Waals surface area contributed by atoms with E-state index in [4.69, 9.17) is 11.6 Å². The molecule has 144 valence electrons. The third-order valence-electron chi connectivity index (χ3n) is 4.50. The number of hydrogen-bond acceptors (Lipinski definition) is 4. The lowest BCUT2D eigenvalue weighted by Gasteiger charge is -2.33. The van der Waals surface area contributed by atoms with E-state index in [-0.39, 0.29) is 5.91 Å². The van der Waals surface area contributed by atoms with Gasteiger partial charge in [0, 0.05) is 37.1 Å². The largest absolute Gasteiger partial charge is 0.337 e. The van der Waals surface area contributed by atoms with Crippen LogP contribution in [0.5, 0.6) is 0 Å². The molecule has 1 amide bonds. The summed E-state index contributed by atoms with van der Waals surface area (Å²) >= 11 is 7.28. The molecular weight excluding hydrogens is 404 g/mol. The van der Waals surface area contributed by atoms with Gasteiger partial charge < -0.3 is 4.90 Å². The first-order valence-electron chi connectivity index (χ1n) is 8.57. The van der Waals surface area contributed by atoms with Gasteiger partial charge in [-0.3, -0.25) is 4.79 Å². The van der Waals surface area contributed by atoms with Crippen molar-refractivity contribution in [3.05, 3.63) is 56.7 Å². The Morgan fingerprint density at radius 3 is 2.44 bits per heavy atom. The molecule has 1 aliphatic heterocycles. The summed E-state index contributed by atoms with van der Waals surface area (Å²) in [5.74, 6) is -0.122. The third kappa shape index (κ3) is 4.60. The Morgan fingerprint density at radius 1 is 1.11 bits per heavy atom. The quantitative estimate of drug-likeness (QED) is 0.705. The fraction of sp³-hybridized carbons (Fsp3) is 0.316. The average molecular weight is 425 g/mol. The minimum atomic E-state index is -3.55. The van der Waals surface area contributed by atoms with E-state index in [2.05, 4.69) is 0 Å². The number of carbonyl (C=O) groups is 1. The summed E-state index contributed by atoms with van der Waals surface area (Å²) in [4.78, 5) is 15.3. The van der Waals surface area contributed by atoms with Crippen molar-refractivity contribution in [2.75, 3.05) is 26.2 Å². The van der Waals surface area contributed by atoms with Crippen LogP contribution in [-0.4, -0.2) is 49.7 Å². The minimum absolute atomic E-state index is 0.122. The summed E-state index contributed by atoms with van der Waals surface area (Å²) in [5, 5.41) is 0. The maximum absolute atomic E-state index is 12.9. The van der Waals surface area contributed by atoms with Gasteiger partial charge in [0.25, 0.3) is 0 Å². The second kappa shape index (κ2) is 8.14. The van der Waals surface area contributed by atoms with Crippen molar-refractivity contribution in [2.45, 2.75) is 18.7 Å². The van der Waals surface area contributed by atoms with Crippen LogP contribution in [0.2, 0.25) is 4.34 Å². The van der Waals surface area contributed by atoms with Crippen LogP contribution in [0.3, 0.4) is 0 Å². The van der Waals surface area contributed by atoms with Gasteiger partial charge in [-0.1, -0.05) is 23.7 Å². The normalized spacial score (nSPS) is 16.2. The van der Waals surface area contributed by atoms with E-state index in [1.807, 2.05) is 25.1 Å². The molecule has 1 saturated heterocycles. The first-order chi connectivity index (χ1) is 12.8. The molecule has 1 fully saturated rings. The van der Waals surface area contributed by atoms with Crippen LogP contribution in [0.15, 0.2) is 41.3 Å². The fourth-order valence-electron chi connectivity index (χ4n) is 2.95. The summed E-state index contributed by atoms with van der Waals surface area (Å²) < 4.78 is 28.0.